The van der Waals surface area contributed by atoms with Crippen molar-refractivity contribution in [2.45, 2.75) is 0 Å². The Morgan fingerprint density at radius 2 is 1.72 bits per heavy atom. The number of carbonyl (C=O) groups is 2. The van der Waals surface area contributed by atoms with Crippen molar-refractivity contribution >= 4 is 28.5 Å². The van der Waals surface area contributed by atoms with E-state index in [1.807, 2.05) is 0 Å². The minimum absolute atomic E-state index is 0.158. The van der Waals surface area contributed by atoms with Crippen molar-refractivity contribution in [3.05, 3.63) is 58.4 Å². The van der Waals surface area contributed by atoms with E-state index >= 15 is 0 Å². The van der Waals surface area contributed by atoms with E-state index in [2.05, 4.69) is 5.32 Å². The summed E-state index contributed by atoms with van der Waals surface area (Å²) in [6.45, 7) is -0.370. The molecular weight excluding hydrogens is 380 g/mol. The number of primary amides is 1. The van der Waals surface area contributed by atoms with Gasteiger partial charge in [0, 0.05) is 22.7 Å². The van der Waals surface area contributed by atoms with E-state index < -0.39 is 17.4 Å². The largest absolute Gasteiger partial charge is 0.493 e. The van der Waals surface area contributed by atoms with E-state index in [0.29, 0.717) is 16.7 Å². The summed E-state index contributed by atoms with van der Waals surface area (Å²) in [6.07, 6.45) is 0. The lowest BCUT2D eigenvalue weighted by molar-refractivity contribution is -0.120. The van der Waals surface area contributed by atoms with Crippen LogP contribution in [-0.2, 0) is 4.79 Å². The Labute approximate surface area is 165 Å². The van der Waals surface area contributed by atoms with Gasteiger partial charge < -0.3 is 29.7 Å². The number of benzene rings is 2. The first-order valence-corrected chi connectivity index (χ1v) is 8.43. The molecule has 9 heteroatoms. The zero-order valence-electron chi connectivity index (χ0n) is 15.7. The number of nitrogens with one attached hydrogen (secondary N) is 1. The maximum absolute atomic E-state index is 12.7. The Bertz CT molecular complexity index is 1110. The van der Waals surface area contributed by atoms with Crippen LogP contribution in [-0.4, -0.2) is 32.6 Å². The van der Waals surface area contributed by atoms with Crippen LogP contribution in [0.3, 0.4) is 0 Å². The van der Waals surface area contributed by atoms with Crippen molar-refractivity contribution < 1.29 is 28.2 Å². The molecule has 0 radical (unpaired) electrons. The van der Waals surface area contributed by atoms with Gasteiger partial charge >= 0.3 is 5.63 Å². The monoisotopic (exact) mass is 398 g/mol. The van der Waals surface area contributed by atoms with Gasteiger partial charge in [0.25, 0.3) is 11.8 Å². The Morgan fingerprint density at radius 3 is 2.34 bits per heavy atom. The topological polar surface area (TPSA) is 130 Å². The number of hydrogen-bond donors (Lipinski definition) is 2. The molecule has 0 unspecified atom stereocenters. The minimum Gasteiger partial charge on any atom is -0.493 e. The van der Waals surface area contributed by atoms with E-state index in [-0.39, 0.29) is 29.4 Å². The average Bonchev–Trinajstić information content (AvgIpc) is 2.71. The zero-order chi connectivity index (χ0) is 21.0. The number of rotatable bonds is 7. The van der Waals surface area contributed by atoms with Crippen molar-refractivity contribution in [1.29, 1.82) is 0 Å². The van der Waals surface area contributed by atoms with Crippen LogP contribution in [0.25, 0.3) is 11.0 Å². The molecule has 0 aliphatic heterocycles. The highest BCUT2D eigenvalue weighted by atomic mass is 16.5. The molecule has 2 amide bonds. The predicted octanol–water partition coefficient (Wildman–Crippen LogP) is 1.93. The predicted molar refractivity (Wildman–Crippen MR) is 105 cm³/mol. The van der Waals surface area contributed by atoms with Crippen molar-refractivity contribution in [2.24, 2.45) is 5.73 Å². The van der Waals surface area contributed by atoms with E-state index in [9.17, 15) is 14.4 Å². The van der Waals surface area contributed by atoms with Crippen LogP contribution in [0.15, 0.2) is 51.7 Å². The number of nitrogens with two attached hydrogens (primary N) is 1. The maximum atomic E-state index is 12.7. The van der Waals surface area contributed by atoms with Crippen LogP contribution < -0.4 is 30.9 Å². The van der Waals surface area contributed by atoms with Gasteiger partial charge in [0.05, 0.1) is 14.2 Å². The van der Waals surface area contributed by atoms with E-state index in [1.165, 1.54) is 32.4 Å². The van der Waals surface area contributed by atoms with Gasteiger partial charge in [-0.3, -0.25) is 9.59 Å². The van der Waals surface area contributed by atoms with Crippen LogP contribution >= 0.6 is 0 Å². The van der Waals surface area contributed by atoms with Crippen molar-refractivity contribution in [3.63, 3.8) is 0 Å². The molecule has 3 N–H and O–H groups in total. The van der Waals surface area contributed by atoms with Gasteiger partial charge in [-0.15, -0.1) is 0 Å². The molecule has 0 spiro atoms. The molecule has 0 saturated carbocycles. The molecule has 29 heavy (non-hydrogen) atoms. The Kier molecular flexibility index (Phi) is 5.68. The third-order valence-corrected chi connectivity index (χ3v) is 3.96. The fourth-order valence-corrected chi connectivity index (χ4v) is 2.65. The van der Waals surface area contributed by atoms with Gasteiger partial charge in [0.2, 0.25) is 5.75 Å². The standard InChI is InChI=1S/C20H18N2O7/c1-26-15-8-12(9-16(27-2)19(15)28-10-17(21)23)20(25)22-13-4-5-14-11(7-13)3-6-18(24)29-14/h3-9H,10H2,1-2H3,(H2,21,23)(H,22,25). The molecule has 0 fully saturated rings. The number of carbonyl (C=O) groups excluding carboxylic acids is 2. The molecular formula is C20H18N2O7. The van der Waals surface area contributed by atoms with Crippen molar-refractivity contribution in [1.82, 2.24) is 0 Å². The van der Waals surface area contributed by atoms with Gasteiger partial charge in [-0.25, -0.2) is 4.79 Å². The molecule has 150 valence electrons. The Hall–Kier alpha value is -4.01. The number of amides is 2. The van der Waals surface area contributed by atoms with Crippen molar-refractivity contribution in [3.8, 4) is 17.2 Å². The van der Waals surface area contributed by atoms with Gasteiger partial charge in [0.1, 0.15) is 5.58 Å². The SMILES string of the molecule is COc1cc(C(=O)Nc2ccc3oc(=O)ccc3c2)cc(OC)c1OCC(N)=O. The second-order valence-electron chi connectivity index (χ2n) is 5.93. The minimum atomic E-state index is -0.664. The molecule has 0 aliphatic rings. The molecule has 0 saturated heterocycles. The molecule has 3 aromatic rings. The summed E-state index contributed by atoms with van der Waals surface area (Å²) in [6, 6.07) is 10.7. The zero-order valence-corrected chi connectivity index (χ0v) is 15.7. The number of anilines is 1. The molecule has 0 bridgehead atoms. The molecule has 3 rings (SSSR count). The first-order chi connectivity index (χ1) is 13.9. The first kappa shape index (κ1) is 19.7. The van der Waals surface area contributed by atoms with E-state index in [1.54, 1.807) is 24.3 Å². The lowest BCUT2D eigenvalue weighted by atomic mass is 10.1. The summed E-state index contributed by atoms with van der Waals surface area (Å²) in [4.78, 5) is 35.0. The summed E-state index contributed by atoms with van der Waals surface area (Å²) in [7, 11) is 2.79. The molecule has 1 aromatic heterocycles. The highest BCUT2D eigenvalue weighted by molar-refractivity contribution is 6.05. The summed E-state index contributed by atoms with van der Waals surface area (Å²) in [5.41, 5.74) is 5.81. The van der Waals surface area contributed by atoms with Gasteiger partial charge in [-0.2, -0.15) is 0 Å². The summed E-state index contributed by atoms with van der Waals surface area (Å²) >= 11 is 0. The Morgan fingerprint density at radius 1 is 1.03 bits per heavy atom. The fourth-order valence-electron chi connectivity index (χ4n) is 2.65. The smallest absolute Gasteiger partial charge is 0.336 e. The maximum Gasteiger partial charge on any atom is 0.336 e. The first-order valence-electron chi connectivity index (χ1n) is 8.43. The fraction of sp³-hybridized carbons (Fsp3) is 0.150. The van der Waals surface area contributed by atoms with Crippen LogP contribution in [0.4, 0.5) is 5.69 Å². The average molecular weight is 398 g/mol. The van der Waals surface area contributed by atoms with Crippen LogP contribution in [0.1, 0.15) is 10.4 Å². The normalized spacial score (nSPS) is 10.4. The van der Waals surface area contributed by atoms with Crippen LogP contribution in [0.5, 0.6) is 17.2 Å². The van der Waals surface area contributed by atoms with Gasteiger partial charge in [-0.1, -0.05) is 0 Å². The number of hydrogen-bond acceptors (Lipinski definition) is 7. The second kappa shape index (κ2) is 8.34. The highest BCUT2D eigenvalue weighted by Gasteiger charge is 2.18. The van der Waals surface area contributed by atoms with Crippen LogP contribution in [0.2, 0.25) is 0 Å². The number of fused-ring (bicyclic) bond motifs is 1. The Balaban J connectivity index is 1.89. The van der Waals surface area contributed by atoms with Crippen molar-refractivity contribution in [2.75, 3.05) is 26.1 Å². The lowest BCUT2D eigenvalue weighted by Gasteiger charge is -2.15. The van der Waals surface area contributed by atoms with E-state index in [0.717, 1.165) is 0 Å². The van der Waals surface area contributed by atoms with Gasteiger partial charge in [-0.05, 0) is 36.4 Å². The van der Waals surface area contributed by atoms with Crippen LogP contribution in [0, 0.1) is 0 Å². The molecule has 0 atom stereocenters. The molecule has 2 aromatic carbocycles. The molecule has 9 nitrogen and oxygen atoms in total. The van der Waals surface area contributed by atoms with E-state index in [4.69, 9.17) is 24.4 Å². The molecule has 1 heterocycles. The summed E-state index contributed by atoms with van der Waals surface area (Å²) < 4.78 is 20.9. The molecule has 0 aliphatic carbocycles. The van der Waals surface area contributed by atoms with Gasteiger partial charge in [0.15, 0.2) is 18.1 Å². The number of methoxy groups -OCH3 is 2. The quantitative estimate of drug-likeness (QED) is 0.582. The number of ether oxygens (including phenoxy) is 3. The third-order valence-electron chi connectivity index (χ3n) is 3.96. The highest BCUT2D eigenvalue weighted by Crippen LogP contribution is 2.38. The summed E-state index contributed by atoms with van der Waals surface area (Å²) in [5.74, 6) is -0.527. The lowest BCUT2D eigenvalue weighted by Crippen LogP contribution is -2.20. The second-order valence-corrected chi connectivity index (χ2v) is 5.93. The third kappa shape index (κ3) is 4.46. The summed E-state index contributed by atoms with van der Waals surface area (Å²) in [5, 5.41) is 3.41.